The van der Waals surface area contributed by atoms with Crippen LogP contribution in [0, 0.1) is 5.92 Å². The van der Waals surface area contributed by atoms with E-state index in [0.717, 1.165) is 22.4 Å². The number of rotatable bonds is 8. The number of carbonyl (C=O) groups is 2. The molecule has 4 atom stereocenters. The minimum Gasteiger partial charge on any atom is -0.392 e. The molecule has 2 aliphatic rings. The van der Waals surface area contributed by atoms with Crippen LogP contribution in [0.15, 0.2) is 108 Å². The third-order valence-electron chi connectivity index (χ3n) is 8.16. The smallest absolute Gasteiger partial charge is 0.266 e. The van der Waals surface area contributed by atoms with Crippen LogP contribution in [0.3, 0.4) is 0 Å². The van der Waals surface area contributed by atoms with Crippen molar-refractivity contribution in [2.45, 2.75) is 37.2 Å². The third-order valence-corrected chi connectivity index (χ3v) is 9.17. The Bertz CT molecular complexity index is 1800. The van der Waals surface area contributed by atoms with E-state index in [9.17, 15) is 14.7 Å². The molecule has 4 aromatic carbocycles. The molecular formula is C34H29N5O5S. The summed E-state index contributed by atoms with van der Waals surface area (Å²) in [5.41, 5.74) is 4.68. The molecule has 11 heteroatoms. The van der Waals surface area contributed by atoms with E-state index in [1.54, 1.807) is 41.1 Å². The number of aromatic nitrogens is 4. The number of hydrogen-bond donors (Lipinski definition) is 1. The van der Waals surface area contributed by atoms with Crippen molar-refractivity contribution in [2.24, 2.45) is 5.92 Å². The third kappa shape index (κ3) is 5.55. The second-order valence-corrected chi connectivity index (χ2v) is 11.9. The van der Waals surface area contributed by atoms with Crippen LogP contribution in [0.5, 0.6) is 0 Å². The number of para-hydroxylation sites is 1. The molecule has 45 heavy (non-hydrogen) atoms. The van der Waals surface area contributed by atoms with Gasteiger partial charge in [-0.2, -0.15) is 4.68 Å². The van der Waals surface area contributed by atoms with Gasteiger partial charge in [-0.1, -0.05) is 85.4 Å². The van der Waals surface area contributed by atoms with Gasteiger partial charge >= 0.3 is 0 Å². The zero-order chi connectivity index (χ0) is 30.9. The van der Waals surface area contributed by atoms with Crippen molar-refractivity contribution in [3.63, 3.8) is 0 Å². The summed E-state index contributed by atoms with van der Waals surface area (Å²) in [5, 5.41) is 22.5. The molecule has 1 N–H and O–H groups in total. The van der Waals surface area contributed by atoms with E-state index >= 15 is 0 Å². The van der Waals surface area contributed by atoms with Crippen LogP contribution in [0.1, 0.15) is 56.7 Å². The predicted molar refractivity (Wildman–Crippen MR) is 167 cm³/mol. The first kappa shape index (κ1) is 29.1. The summed E-state index contributed by atoms with van der Waals surface area (Å²) < 4.78 is 14.9. The van der Waals surface area contributed by atoms with E-state index in [0.29, 0.717) is 27.7 Å². The Morgan fingerprint density at radius 2 is 1.42 bits per heavy atom. The summed E-state index contributed by atoms with van der Waals surface area (Å²) in [4.78, 5) is 27.2. The Morgan fingerprint density at radius 3 is 2.09 bits per heavy atom. The molecule has 0 spiro atoms. The largest absolute Gasteiger partial charge is 0.392 e. The molecule has 0 saturated carbocycles. The van der Waals surface area contributed by atoms with Gasteiger partial charge in [0.2, 0.25) is 5.16 Å². The van der Waals surface area contributed by atoms with E-state index in [-0.39, 0.29) is 36.5 Å². The minimum atomic E-state index is -0.712. The molecule has 0 radical (unpaired) electrons. The van der Waals surface area contributed by atoms with Crippen molar-refractivity contribution >= 4 is 29.3 Å². The van der Waals surface area contributed by atoms with Crippen LogP contribution >= 0.6 is 11.8 Å². The van der Waals surface area contributed by atoms with Crippen LogP contribution < -0.4 is 4.90 Å². The lowest BCUT2D eigenvalue weighted by Gasteiger charge is -2.41. The maximum Gasteiger partial charge on any atom is 0.266 e. The Balaban J connectivity index is 1.14. The number of aliphatic hydroxyl groups is 1. The van der Waals surface area contributed by atoms with Crippen LogP contribution in [0.2, 0.25) is 0 Å². The molecule has 0 bridgehead atoms. The van der Waals surface area contributed by atoms with E-state index in [2.05, 4.69) is 22.4 Å². The van der Waals surface area contributed by atoms with Crippen molar-refractivity contribution in [1.29, 1.82) is 0 Å². The van der Waals surface area contributed by atoms with Gasteiger partial charge in [0, 0.05) is 17.2 Å². The first-order valence-electron chi connectivity index (χ1n) is 14.6. The van der Waals surface area contributed by atoms with Gasteiger partial charge in [0.15, 0.2) is 6.29 Å². The summed E-state index contributed by atoms with van der Waals surface area (Å²) in [6.07, 6.45) is -1.26. The monoisotopic (exact) mass is 619 g/mol. The molecule has 0 aliphatic carbocycles. The fraction of sp³-hybridized carbons (Fsp3) is 0.206. The number of fused-ring (bicyclic) bond motifs is 1. The summed E-state index contributed by atoms with van der Waals surface area (Å²) >= 11 is 1.50. The Morgan fingerprint density at radius 1 is 0.778 bits per heavy atom. The van der Waals surface area contributed by atoms with Crippen LogP contribution in [-0.2, 0) is 16.1 Å². The van der Waals surface area contributed by atoms with Gasteiger partial charge in [0.25, 0.3) is 11.8 Å². The van der Waals surface area contributed by atoms with Gasteiger partial charge < -0.3 is 14.6 Å². The number of tetrazole rings is 1. The highest BCUT2D eigenvalue weighted by atomic mass is 32.2. The SMILES string of the molecule is C[C@@H]1[C@H](CSc2nnnn2-c2ccccc2)O[C@H](c2ccc(N3C(=O)c4ccccc4C3=O)cc2)O[C@@H]1c1ccc(CO)cc1. The normalized spacial score (nSPS) is 21.2. The van der Waals surface area contributed by atoms with Crippen LogP contribution in [0.25, 0.3) is 5.69 Å². The van der Waals surface area contributed by atoms with E-state index in [1.807, 2.05) is 66.7 Å². The summed E-state index contributed by atoms with van der Waals surface area (Å²) in [6, 6.07) is 31.4. The number of carbonyl (C=O) groups excluding carboxylic acids is 2. The molecular weight excluding hydrogens is 590 g/mol. The van der Waals surface area contributed by atoms with E-state index in [1.165, 1.54) is 16.7 Å². The second kappa shape index (κ2) is 12.4. The Hall–Kier alpha value is -4.68. The van der Waals surface area contributed by atoms with Gasteiger partial charge in [0.1, 0.15) is 0 Å². The molecule has 1 aromatic heterocycles. The van der Waals surface area contributed by atoms with E-state index in [4.69, 9.17) is 9.47 Å². The van der Waals surface area contributed by atoms with Gasteiger partial charge in [-0.15, -0.1) is 5.10 Å². The highest BCUT2D eigenvalue weighted by molar-refractivity contribution is 7.99. The molecule has 0 unspecified atom stereocenters. The van der Waals surface area contributed by atoms with Crippen LogP contribution in [0.4, 0.5) is 5.69 Å². The zero-order valence-electron chi connectivity index (χ0n) is 24.3. The average Bonchev–Trinajstić information content (AvgIpc) is 3.67. The quantitative estimate of drug-likeness (QED) is 0.176. The van der Waals surface area contributed by atoms with Crippen molar-refractivity contribution in [3.05, 3.63) is 131 Å². The standard InChI is InChI=1S/C34H29N5O5S/c1-21-29(20-45-34-35-36-37-39(34)26-7-3-2-4-8-26)43-33(44-30(21)23-13-11-22(19-40)12-14-23)24-15-17-25(18-16-24)38-31(41)27-9-5-6-10-28(27)32(38)42/h2-18,21,29-30,33,40H,19-20H2,1H3/t21-,29+,30+,33+/m1/s1. The maximum absolute atomic E-state index is 13.0. The number of ether oxygens (including phenoxy) is 2. The highest BCUT2D eigenvalue weighted by Crippen LogP contribution is 2.43. The van der Waals surface area contributed by atoms with Gasteiger partial charge in [-0.25, -0.2) is 4.90 Å². The molecule has 226 valence electrons. The lowest BCUT2D eigenvalue weighted by atomic mass is 9.91. The summed E-state index contributed by atoms with van der Waals surface area (Å²) in [5.74, 6) is -0.160. The molecule has 2 amide bonds. The fourth-order valence-electron chi connectivity index (χ4n) is 5.67. The van der Waals surface area contributed by atoms with Crippen molar-refractivity contribution in [3.8, 4) is 5.69 Å². The molecule has 7 rings (SSSR count). The number of hydrogen-bond acceptors (Lipinski definition) is 9. The molecule has 10 nitrogen and oxygen atoms in total. The van der Waals surface area contributed by atoms with E-state index < -0.39 is 6.29 Å². The van der Waals surface area contributed by atoms with Crippen molar-refractivity contribution in [2.75, 3.05) is 10.7 Å². The van der Waals surface area contributed by atoms with Gasteiger partial charge in [0.05, 0.1) is 41.3 Å². The number of anilines is 1. The second-order valence-electron chi connectivity index (χ2n) is 10.9. The topological polar surface area (TPSA) is 120 Å². The van der Waals surface area contributed by atoms with Crippen LogP contribution in [-0.4, -0.2) is 49.0 Å². The lowest BCUT2D eigenvalue weighted by Crippen LogP contribution is -2.38. The molecule has 2 aliphatic heterocycles. The molecule has 5 aromatic rings. The molecule has 3 heterocycles. The number of thioether (sulfide) groups is 1. The maximum atomic E-state index is 13.0. The number of benzene rings is 4. The highest BCUT2D eigenvalue weighted by Gasteiger charge is 2.40. The predicted octanol–water partition coefficient (Wildman–Crippen LogP) is 5.54. The molecule has 1 saturated heterocycles. The van der Waals surface area contributed by atoms with Gasteiger partial charge in [-0.3, -0.25) is 9.59 Å². The number of aliphatic hydroxyl groups excluding tert-OH is 1. The van der Waals surface area contributed by atoms with Crippen molar-refractivity contribution in [1.82, 2.24) is 20.2 Å². The summed E-state index contributed by atoms with van der Waals surface area (Å²) in [7, 11) is 0. The molecule has 1 fully saturated rings. The number of nitrogens with zero attached hydrogens (tertiary/aromatic N) is 5. The fourth-order valence-corrected chi connectivity index (χ4v) is 6.72. The Kier molecular flexibility index (Phi) is 7.99. The average molecular weight is 620 g/mol. The first-order valence-corrected chi connectivity index (χ1v) is 15.6. The number of imide groups is 1. The zero-order valence-corrected chi connectivity index (χ0v) is 25.1. The van der Waals surface area contributed by atoms with Crippen molar-refractivity contribution < 1.29 is 24.2 Å². The first-order chi connectivity index (χ1) is 22.0. The Labute approximate surface area is 263 Å². The lowest BCUT2D eigenvalue weighted by molar-refractivity contribution is -0.268. The summed E-state index contributed by atoms with van der Waals surface area (Å²) in [6.45, 7) is 2.06. The van der Waals surface area contributed by atoms with Gasteiger partial charge in [-0.05, 0) is 58.0 Å². The number of amides is 2. The minimum absolute atomic E-state index is 0.0348.